The minimum Gasteiger partial charge on any atom is -0.299 e. The topological polar surface area (TPSA) is 60.4 Å². The van der Waals surface area contributed by atoms with Crippen LogP contribution < -0.4 is 0 Å². The van der Waals surface area contributed by atoms with Gasteiger partial charge < -0.3 is 0 Å². The number of halogens is 17. The molecule has 0 aromatic rings. The SMILES string of the molecule is CCCCCC(=O)CS1(OS(=O)(=O)C(F)(F)C(F)(F)C(F)(F)C(F)(F)C(F)(F)C(F)(F)C(F)(F)C(F)(F)F)CCSCC1. The van der Waals surface area contributed by atoms with E-state index in [0.29, 0.717) is 12.8 Å². The van der Waals surface area contributed by atoms with Gasteiger partial charge in [0.2, 0.25) is 0 Å². The number of Topliss-reactive ketones (excluding diaryl/α,β-unsaturated/α-hetero) is 1. The average Bonchev–Trinajstić information content (AvgIpc) is 2.82. The van der Waals surface area contributed by atoms with Crippen molar-refractivity contribution in [2.24, 2.45) is 0 Å². The van der Waals surface area contributed by atoms with Crippen molar-refractivity contribution in [3.05, 3.63) is 0 Å². The summed E-state index contributed by atoms with van der Waals surface area (Å²) in [6, 6.07) is 0. The Balaban J connectivity index is 3.62. The molecule has 43 heavy (non-hydrogen) atoms. The van der Waals surface area contributed by atoms with Gasteiger partial charge in [-0.25, -0.2) is 3.63 Å². The van der Waals surface area contributed by atoms with Crippen LogP contribution in [0.3, 0.4) is 0 Å². The number of alkyl halides is 17. The highest BCUT2D eigenvalue weighted by Crippen LogP contribution is 2.65. The van der Waals surface area contributed by atoms with E-state index in [0.717, 1.165) is 11.8 Å². The van der Waals surface area contributed by atoms with E-state index in [4.69, 9.17) is 0 Å². The van der Waals surface area contributed by atoms with Gasteiger partial charge in [-0.15, -0.1) is 10.3 Å². The van der Waals surface area contributed by atoms with E-state index in [1.807, 2.05) is 0 Å². The molecular weight excluding hydrogens is 711 g/mol. The molecule has 24 heteroatoms. The highest BCUT2D eigenvalue weighted by molar-refractivity contribution is 8.34. The zero-order valence-electron chi connectivity index (χ0n) is 21.1. The highest BCUT2D eigenvalue weighted by atomic mass is 32.3. The summed E-state index contributed by atoms with van der Waals surface area (Å²) in [4.78, 5) is 12.3. The second-order valence-corrected chi connectivity index (χ2v) is 15.3. The minimum atomic E-state index is -8.91. The molecule has 0 spiro atoms. The molecule has 1 rings (SSSR count). The van der Waals surface area contributed by atoms with Gasteiger partial charge in [-0.05, 0) is 6.42 Å². The normalized spacial score (nSPS) is 19.3. The molecule has 0 N–H and O–H groups in total. The standard InChI is InChI=1S/C19H21F17O4S3/c1-2-3-4-5-11(37)10-42(8-6-41-7-9-42)40-43(38,39)19(35,36)17(30,31)15(26,27)13(22,23)12(20,21)14(24,25)16(28,29)18(32,33)34/h2-10H2,1H3. The molecule has 0 saturated carbocycles. The molecule has 0 aromatic heterocycles. The van der Waals surface area contributed by atoms with Crippen molar-refractivity contribution in [3.8, 4) is 0 Å². The van der Waals surface area contributed by atoms with Gasteiger partial charge in [0.25, 0.3) is 0 Å². The number of carbonyl (C=O) groups excluding carboxylic acids is 1. The van der Waals surface area contributed by atoms with Crippen LogP contribution in [0.5, 0.6) is 0 Å². The molecule has 0 bridgehead atoms. The Labute approximate surface area is 238 Å². The zero-order chi connectivity index (χ0) is 34.4. The molecule has 1 aliphatic rings. The molecule has 0 aliphatic carbocycles. The average molecular weight is 733 g/mol. The Morgan fingerprint density at radius 3 is 1.47 bits per heavy atom. The van der Waals surface area contributed by atoms with Gasteiger partial charge in [-0.1, -0.05) is 19.8 Å². The molecule has 1 fully saturated rings. The van der Waals surface area contributed by atoms with Gasteiger partial charge in [0.05, 0.1) is 5.75 Å². The van der Waals surface area contributed by atoms with Crippen LogP contribution in [-0.4, -0.2) is 89.9 Å². The lowest BCUT2D eigenvalue weighted by Crippen LogP contribution is -2.75. The predicted octanol–water partition coefficient (Wildman–Crippen LogP) is 7.92. The number of ketones is 1. The first kappa shape index (κ1) is 40.1. The quantitative estimate of drug-likeness (QED) is 0.127. The van der Waals surface area contributed by atoms with Crippen LogP contribution in [0.15, 0.2) is 0 Å². The van der Waals surface area contributed by atoms with Crippen molar-refractivity contribution < 1.29 is 91.5 Å². The number of unbranched alkanes of at least 4 members (excludes halogenated alkanes) is 2. The first-order valence-electron chi connectivity index (χ1n) is 11.4. The third-order valence-electron chi connectivity index (χ3n) is 5.92. The lowest BCUT2D eigenvalue weighted by Gasteiger charge is -2.44. The van der Waals surface area contributed by atoms with Gasteiger partial charge >= 0.3 is 57.1 Å². The first-order valence-corrected chi connectivity index (χ1v) is 16.0. The van der Waals surface area contributed by atoms with E-state index in [2.05, 4.69) is 3.63 Å². The van der Waals surface area contributed by atoms with Gasteiger partial charge in [-0.2, -0.15) is 94.8 Å². The fourth-order valence-electron chi connectivity index (χ4n) is 3.34. The summed E-state index contributed by atoms with van der Waals surface area (Å²) in [5.41, 5.74) is 0. The fourth-order valence-corrected chi connectivity index (χ4v) is 11.2. The van der Waals surface area contributed by atoms with Crippen LogP contribution >= 0.6 is 22.1 Å². The molecule has 0 amide bonds. The van der Waals surface area contributed by atoms with E-state index >= 15 is 0 Å². The van der Waals surface area contributed by atoms with Gasteiger partial charge in [0.15, 0.2) is 0 Å². The Morgan fingerprint density at radius 1 is 0.674 bits per heavy atom. The maximum absolute atomic E-state index is 14.5. The molecular formula is C19H21F17O4S3. The van der Waals surface area contributed by atoms with E-state index in [9.17, 15) is 87.8 Å². The Bertz CT molecular complexity index is 1100. The first-order chi connectivity index (χ1) is 18.9. The summed E-state index contributed by atoms with van der Waals surface area (Å²) >= 11 is 0.985. The van der Waals surface area contributed by atoms with Crippen molar-refractivity contribution in [2.45, 2.75) is 79.6 Å². The molecule has 0 radical (unpaired) electrons. The summed E-state index contributed by atoms with van der Waals surface area (Å²) in [5, 5.41) is -7.75. The molecule has 4 nitrogen and oxygen atoms in total. The van der Waals surface area contributed by atoms with E-state index in [-0.39, 0.29) is 24.3 Å². The number of carbonyl (C=O) groups is 1. The molecule has 258 valence electrons. The maximum Gasteiger partial charge on any atom is 0.460 e. The summed E-state index contributed by atoms with van der Waals surface area (Å²) in [5.74, 6) is -55.7. The second-order valence-electron chi connectivity index (χ2n) is 9.11. The smallest absolute Gasteiger partial charge is 0.299 e. The Hall–Kier alpha value is -0.910. The van der Waals surface area contributed by atoms with Crippen molar-refractivity contribution >= 4 is 38.0 Å². The fraction of sp³-hybridized carbons (Fsp3) is 0.947. The van der Waals surface area contributed by atoms with Crippen LogP contribution in [-0.2, 0) is 18.5 Å². The largest absolute Gasteiger partial charge is 0.460 e. The van der Waals surface area contributed by atoms with E-state index < -0.39 is 90.4 Å². The zero-order valence-corrected chi connectivity index (χ0v) is 23.6. The lowest BCUT2D eigenvalue weighted by molar-refractivity contribution is -0.458. The van der Waals surface area contributed by atoms with Crippen LogP contribution in [0.1, 0.15) is 32.6 Å². The van der Waals surface area contributed by atoms with Gasteiger partial charge in [0.1, 0.15) is 5.78 Å². The molecule has 0 unspecified atom stereocenters. The van der Waals surface area contributed by atoms with Crippen molar-refractivity contribution in [3.63, 3.8) is 0 Å². The number of thioether (sulfide) groups is 1. The molecule has 1 aliphatic heterocycles. The summed E-state index contributed by atoms with van der Waals surface area (Å²) in [7, 11) is -11.5. The van der Waals surface area contributed by atoms with Crippen LogP contribution in [0.4, 0.5) is 74.6 Å². The molecule has 1 saturated heterocycles. The van der Waals surface area contributed by atoms with Crippen molar-refractivity contribution in [2.75, 3.05) is 28.8 Å². The lowest BCUT2D eigenvalue weighted by atomic mass is 9.91. The highest BCUT2D eigenvalue weighted by Gasteiger charge is 2.96. The van der Waals surface area contributed by atoms with E-state index in [1.54, 1.807) is 6.92 Å². The van der Waals surface area contributed by atoms with Crippen molar-refractivity contribution in [1.29, 1.82) is 0 Å². The summed E-state index contributed by atoms with van der Waals surface area (Å²) in [6.07, 6.45) is -7.10. The Morgan fingerprint density at radius 2 is 1.07 bits per heavy atom. The van der Waals surface area contributed by atoms with Crippen LogP contribution in [0.2, 0.25) is 0 Å². The number of hydrogen-bond acceptors (Lipinski definition) is 5. The van der Waals surface area contributed by atoms with Crippen molar-refractivity contribution in [1.82, 2.24) is 0 Å². The number of rotatable bonds is 15. The predicted molar refractivity (Wildman–Crippen MR) is 119 cm³/mol. The maximum atomic E-state index is 14.5. The van der Waals surface area contributed by atoms with E-state index in [1.165, 1.54) is 0 Å². The minimum absolute atomic E-state index is 0.161. The summed E-state index contributed by atoms with van der Waals surface area (Å²) < 4.78 is 258. The number of hydrogen-bond donors (Lipinski definition) is 0. The third kappa shape index (κ3) is 6.66. The monoisotopic (exact) mass is 732 g/mol. The summed E-state index contributed by atoms with van der Waals surface area (Å²) in [6.45, 7) is 1.69. The third-order valence-corrected chi connectivity index (χ3v) is 12.9. The van der Waals surface area contributed by atoms with Crippen LogP contribution in [0, 0.1) is 0 Å². The second kappa shape index (κ2) is 12.4. The Kier molecular flexibility index (Phi) is 11.5. The van der Waals surface area contributed by atoms with Gasteiger partial charge in [-0.3, -0.25) is 4.79 Å². The molecule has 0 atom stereocenters. The molecule has 1 heterocycles. The molecule has 0 aromatic carbocycles. The van der Waals surface area contributed by atoms with Gasteiger partial charge in [0, 0.05) is 29.4 Å². The van der Waals surface area contributed by atoms with Crippen LogP contribution in [0.25, 0.3) is 0 Å².